The highest BCUT2D eigenvalue weighted by Gasteiger charge is 2.34. The highest BCUT2D eigenvalue weighted by Crippen LogP contribution is 2.35. The number of pyridine rings is 1. The Morgan fingerprint density at radius 2 is 1.71 bits per heavy atom. The van der Waals surface area contributed by atoms with E-state index < -0.39 is 29.2 Å². The zero-order valence-corrected chi connectivity index (χ0v) is 18.6. The predicted octanol–water partition coefficient (Wildman–Crippen LogP) is 4.29. The summed E-state index contributed by atoms with van der Waals surface area (Å²) in [4.78, 5) is 31.2. The number of nitrogens with one attached hydrogen (secondary N) is 2. The molecule has 2 amide bonds. The van der Waals surface area contributed by atoms with Crippen LogP contribution in [0.25, 0.3) is 11.3 Å². The van der Waals surface area contributed by atoms with Gasteiger partial charge in [-0.05, 0) is 30.3 Å². The number of anilines is 2. The lowest BCUT2D eigenvalue weighted by atomic mass is 10.1. The number of nitrogens with zero attached hydrogens (tertiary/aromatic N) is 2. The summed E-state index contributed by atoms with van der Waals surface area (Å²) in [5.74, 6) is -1.23. The van der Waals surface area contributed by atoms with Crippen LogP contribution < -0.4 is 10.6 Å². The highest BCUT2D eigenvalue weighted by molar-refractivity contribution is 6.05. The molecule has 0 radical (unpaired) electrons. The van der Waals surface area contributed by atoms with Crippen molar-refractivity contribution in [1.29, 1.82) is 0 Å². The molecule has 35 heavy (non-hydrogen) atoms. The van der Waals surface area contributed by atoms with Crippen LogP contribution >= 0.6 is 0 Å². The third-order valence-corrected chi connectivity index (χ3v) is 5.42. The van der Waals surface area contributed by atoms with Crippen LogP contribution in [0.4, 0.5) is 24.5 Å². The zero-order chi connectivity index (χ0) is 24.8. The largest absolute Gasteiger partial charge is 0.418 e. The van der Waals surface area contributed by atoms with Gasteiger partial charge in [0.2, 0.25) is 5.91 Å². The first-order chi connectivity index (χ1) is 16.8. The Morgan fingerprint density at radius 3 is 2.37 bits per heavy atom. The van der Waals surface area contributed by atoms with Gasteiger partial charge < -0.3 is 15.4 Å². The number of ether oxygens (including phenoxy) is 1. The summed E-state index contributed by atoms with van der Waals surface area (Å²) in [6.07, 6.45) is -3.23. The lowest BCUT2D eigenvalue weighted by Crippen LogP contribution is -2.41. The van der Waals surface area contributed by atoms with Gasteiger partial charge in [-0.2, -0.15) is 13.2 Å². The van der Waals surface area contributed by atoms with Crippen molar-refractivity contribution in [2.75, 3.05) is 43.5 Å². The number of carbonyl (C=O) groups excluding carboxylic acids is 2. The third-order valence-electron chi connectivity index (χ3n) is 5.42. The maximum atomic E-state index is 13.5. The molecule has 1 aliphatic rings. The van der Waals surface area contributed by atoms with E-state index in [0.29, 0.717) is 37.7 Å². The second-order valence-corrected chi connectivity index (χ2v) is 7.95. The van der Waals surface area contributed by atoms with Gasteiger partial charge in [0.05, 0.1) is 48.6 Å². The van der Waals surface area contributed by atoms with E-state index in [4.69, 9.17) is 4.74 Å². The number of carbonyl (C=O) groups is 2. The van der Waals surface area contributed by atoms with Crippen LogP contribution in [-0.2, 0) is 15.7 Å². The first-order valence-corrected chi connectivity index (χ1v) is 10.9. The van der Waals surface area contributed by atoms with E-state index >= 15 is 0 Å². The van der Waals surface area contributed by atoms with Gasteiger partial charge in [0.1, 0.15) is 0 Å². The Labute approximate surface area is 199 Å². The molecule has 1 saturated heterocycles. The lowest BCUT2D eigenvalue weighted by molar-refractivity contribution is -0.137. The molecule has 2 aromatic carbocycles. The minimum absolute atomic E-state index is 0.0354. The monoisotopic (exact) mass is 484 g/mol. The minimum Gasteiger partial charge on any atom is -0.379 e. The number of hydrogen-bond donors (Lipinski definition) is 2. The Hall–Kier alpha value is -3.76. The molecular formula is C25H23F3N4O3. The predicted molar refractivity (Wildman–Crippen MR) is 125 cm³/mol. The molecule has 0 saturated carbocycles. The van der Waals surface area contributed by atoms with Crippen molar-refractivity contribution in [2.24, 2.45) is 0 Å². The summed E-state index contributed by atoms with van der Waals surface area (Å²) < 4.78 is 45.8. The van der Waals surface area contributed by atoms with Crippen LogP contribution in [0.2, 0.25) is 0 Å². The number of amides is 2. The van der Waals surface area contributed by atoms with Crippen molar-refractivity contribution in [2.45, 2.75) is 6.18 Å². The molecule has 0 bridgehead atoms. The first-order valence-electron chi connectivity index (χ1n) is 10.9. The van der Waals surface area contributed by atoms with E-state index in [-0.39, 0.29) is 12.1 Å². The molecule has 2 heterocycles. The summed E-state index contributed by atoms with van der Waals surface area (Å²) in [5, 5.41) is 4.94. The second kappa shape index (κ2) is 10.7. The molecule has 10 heteroatoms. The molecule has 1 aromatic heterocycles. The molecule has 4 rings (SSSR count). The third kappa shape index (κ3) is 6.43. The fourth-order valence-electron chi connectivity index (χ4n) is 3.64. The second-order valence-electron chi connectivity index (χ2n) is 7.95. The van der Waals surface area contributed by atoms with Crippen molar-refractivity contribution in [3.05, 3.63) is 78.0 Å². The quantitative estimate of drug-likeness (QED) is 0.546. The summed E-state index contributed by atoms with van der Waals surface area (Å²) in [6.45, 7) is 1.87. The van der Waals surface area contributed by atoms with Crippen molar-refractivity contribution in [3.63, 3.8) is 0 Å². The average molecular weight is 484 g/mol. The average Bonchev–Trinajstić information content (AvgIpc) is 2.85. The van der Waals surface area contributed by atoms with Crippen LogP contribution in [0.1, 0.15) is 15.9 Å². The van der Waals surface area contributed by atoms with E-state index in [1.807, 2.05) is 30.3 Å². The van der Waals surface area contributed by atoms with Crippen LogP contribution in [0, 0.1) is 0 Å². The van der Waals surface area contributed by atoms with E-state index in [1.54, 1.807) is 17.0 Å². The molecule has 3 aromatic rings. The van der Waals surface area contributed by atoms with E-state index in [2.05, 4.69) is 15.6 Å². The molecule has 1 fully saturated rings. The van der Waals surface area contributed by atoms with Gasteiger partial charge in [0.15, 0.2) is 0 Å². The molecule has 7 nitrogen and oxygen atoms in total. The SMILES string of the molecule is O=C(CN1CCOCC1)Nc1cc(C(=O)Nc2ccc(-c3ccccc3)nc2)ccc1C(F)(F)F. The van der Waals surface area contributed by atoms with Crippen molar-refractivity contribution in [1.82, 2.24) is 9.88 Å². The summed E-state index contributed by atoms with van der Waals surface area (Å²) in [6, 6.07) is 15.7. The number of hydrogen-bond acceptors (Lipinski definition) is 5. The summed E-state index contributed by atoms with van der Waals surface area (Å²) in [5.41, 5.74) is 0.465. The molecule has 182 valence electrons. The molecule has 0 spiro atoms. The molecule has 2 N–H and O–H groups in total. The standard InChI is InChI=1S/C25H23F3N4O3/c26-25(27,28)20-8-6-18(14-22(20)31-23(33)16-32-10-12-35-13-11-32)24(34)30-19-7-9-21(29-15-19)17-4-2-1-3-5-17/h1-9,14-15H,10-13,16H2,(H,30,34)(H,31,33). The maximum Gasteiger partial charge on any atom is 0.418 e. The highest BCUT2D eigenvalue weighted by atomic mass is 19.4. The zero-order valence-electron chi connectivity index (χ0n) is 18.6. The van der Waals surface area contributed by atoms with Crippen molar-refractivity contribution >= 4 is 23.2 Å². The molecular weight excluding hydrogens is 461 g/mol. The Balaban J connectivity index is 1.48. The van der Waals surface area contributed by atoms with Crippen LogP contribution in [0.3, 0.4) is 0 Å². The number of alkyl halides is 3. The van der Waals surface area contributed by atoms with Gasteiger partial charge in [-0.25, -0.2) is 0 Å². The van der Waals surface area contributed by atoms with Gasteiger partial charge >= 0.3 is 6.18 Å². The molecule has 1 aliphatic heterocycles. The topological polar surface area (TPSA) is 83.6 Å². The fraction of sp³-hybridized carbons (Fsp3) is 0.240. The lowest BCUT2D eigenvalue weighted by Gasteiger charge is -2.26. The van der Waals surface area contributed by atoms with Crippen molar-refractivity contribution < 1.29 is 27.5 Å². The van der Waals surface area contributed by atoms with E-state index in [0.717, 1.165) is 23.8 Å². The maximum absolute atomic E-state index is 13.5. The smallest absolute Gasteiger partial charge is 0.379 e. The molecule has 0 atom stereocenters. The minimum atomic E-state index is -4.70. The van der Waals surface area contributed by atoms with Crippen LogP contribution in [0.5, 0.6) is 0 Å². The van der Waals surface area contributed by atoms with Gasteiger partial charge in [-0.1, -0.05) is 30.3 Å². The molecule has 0 aliphatic carbocycles. The van der Waals surface area contributed by atoms with Crippen LogP contribution in [-0.4, -0.2) is 54.5 Å². The van der Waals surface area contributed by atoms with E-state index in [1.165, 1.54) is 6.20 Å². The summed E-state index contributed by atoms with van der Waals surface area (Å²) in [7, 11) is 0. The number of halogens is 3. The van der Waals surface area contributed by atoms with E-state index in [9.17, 15) is 22.8 Å². The fourth-order valence-corrected chi connectivity index (χ4v) is 3.64. The van der Waals surface area contributed by atoms with Gasteiger partial charge in [0.25, 0.3) is 5.91 Å². The normalized spacial score (nSPS) is 14.4. The number of benzene rings is 2. The van der Waals surface area contributed by atoms with Crippen LogP contribution in [0.15, 0.2) is 66.9 Å². The van der Waals surface area contributed by atoms with Gasteiger partial charge in [-0.15, -0.1) is 0 Å². The molecule has 0 unspecified atom stereocenters. The van der Waals surface area contributed by atoms with Gasteiger partial charge in [0, 0.05) is 24.2 Å². The Kier molecular flexibility index (Phi) is 7.42. The number of aromatic nitrogens is 1. The number of morpholine rings is 1. The summed E-state index contributed by atoms with van der Waals surface area (Å²) >= 11 is 0. The van der Waals surface area contributed by atoms with Gasteiger partial charge in [-0.3, -0.25) is 19.5 Å². The Morgan fingerprint density at radius 1 is 0.971 bits per heavy atom. The van der Waals surface area contributed by atoms with Crippen molar-refractivity contribution in [3.8, 4) is 11.3 Å². The number of rotatable bonds is 6. The first kappa shape index (κ1) is 24.4. The Bertz CT molecular complexity index is 1180.